The smallest absolute Gasteiger partial charge is 0.227 e. The molecule has 0 bridgehead atoms. The van der Waals surface area contributed by atoms with Crippen LogP contribution in [0.5, 0.6) is 0 Å². The zero-order valence-corrected chi connectivity index (χ0v) is 23.2. The molecule has 0 fully saturated rings. The maximum Gasteiger partial charge on any atom is 0.227 e. The van der Waals surface area contributed by atoms with Crippen molar-refractivity contribution in [3.8, 4) is 0 Å². The van der Waals surface area contributed by atoms with Crippen molar-refractivity contribution in [1.82, 2.24) is 10.6 Å². The number of amidine groups is 1. The van der Waals surface area contributed by atoms with Gasteiger partial charge in [-0.3, -0.25) is 9.79 Å². The summed E-state index contributed by atoms with van der Waals surface area (Å²) in [5.41, 5.74) is 3.03. The average molecular weight is 574 g/mol. The van der Waals surface area contributed by atoms with Gasteiger partial charge in [0.2, 0.25) is 5.91 Å². The number of amides is 1. The molecular formula is C28H30Cl2N4O3S. The Morgan fingerprint density at radius 1 is 1.00 bits per heavy atom. The number of rotatable bonds is 12. The molecule has 0 saturated carbocycles. The summed E-state index contributed by atoms with van der Waals surface area (Å²) >= 11 is 12.0. The van der Waals surface area contributed by atoms with Crippen molar-refractivity contribution in [3.63, 3.8) is 0 Å². The third-order valence-corrected chi connectivity index (χ3v) is 8.71. The van der Waals surface area contributed by atoms with Gasteiger partial charge in [-0.25, -0.2) is 8.42 Å². The first-order chi connectivity index (χ1) is 18.3. The molecule has 1 aliphatic rings. The number of carbonyl (C=O) groups excluding carboxylic acids is 1. The molecule has 2 N–H and O–H groups in total. The highest BCUT2D eigenvalue weighted by Crippen LogP contribution is 2.29. The topological polar surface area (TPSA) is 90.9 Å². The predicted octanol–water partition coefficient (Wildman–Crippen LogP) is 4.72. The molecule has 0 unspecified atom stereocenters. The SMILES string of the molecule is O=C(CCCNCS(=O)(=O)c1cccc(Cl)c1Cl)N(CCc1ccc(C2=NCCN2)cc1)c1ccccc1. The molecule has 0 spiro atoms. The number of hydrogen-bond acceptors (Lipinski definition) is 6. The van der Waals surface area contributed by atoms with E-state index < -0.39 is 9.84 Å². The van der Waals surface area contributed by atoms with Gasteiger partial charge in [-0.1, -0.05) is 71.7 Å². The second-order valence-electron chi connectivity index (χ2n) is 8.90. The third kappa shape index (κ3) is 7.35. The largest absolute Gasteiger partial charge is 0.368 e. The molecule has 7 nitrogen and oxygen atoms in total. The lowest BCUT2D eigenvalue weighted by Gasteiger charge is -2.23. The lowest BCUT2D eigenvalue weighted by Crippen LogP contribution is -2.33. The van der Waals surface area contributed by atoms with E-state index in [1.54, 1.807) is 17.0 Å². The third-order valence-electron chi connectivity index (χ3n) is 6.18. The van der Waals surface area contributed by atoms with Crippen molar-refractivity contribution in [2.75, 3.05) is 37.0 Å². The number of sulfone groups is 1. The molecule has 0 aliphatic carbocycles. The number of aliphatic imine (C=N–C) groups is 1. The minimum atomic E-state index is -3.66. The van der Waals surface area contributed by atoms with Crippen molar-refractivity contribution in [1.29, 1.82) is 0 Å². The second kappa shape index (κ2) is 13.2. The Morgan fingerprint density at radius 2 is 1.76 bits per heavy atom. The van der Waals surface area contributed by atoms with Gasteiger partial charge in [-0.2, -0.15) is 0 Å². The molecular weight excluding hydrogens is 543 g/mol. The molecule has 38 heavy (non-hydrogen) atoms. The van der Waals surface area contributed by atoms with Crippen LogP contribution >= 0.6 is 23.2 Å². The van der Waals surface area contributed by atoms with Crippen LogP contribution in [-0.4, -0.2) is 52.2 Å². The minimum Gasteiger partial charge on any atom is -0.368 e. The number of hydrogen-bond donors (Lipinski definition) is 2. The Hall–Kier alpha value is -2.91. The first kappa shape index (κ1) is 28.1. The van der Waals surface area contributed by atoms with Crippen LogP contribution in [0, 0.1) is 0 Å². The van der Waals surface area contributed by atoms with Gasteiger partial charge >= 0.3 is 0 Å². The summed E-state index contributed by atoms with van der Waals surface area (Å²) in [6.45, 7) is 2.57. The predicted molar refractivity (Wildman–Crippen MR) is 154 cm³/mol. The second-order valence-corrected chi connectivity index (χ2v) is 11.6. The number of halogens is 2. The number of benzene rings is 3. The molecule has 1 aliphatic heterocycles. The van der Waals surface area contributed by atoms with Gasteiger partial charge in [0.1, 0.15) is 11.7 Å². The molecule has 1 amide bonds. The summed E-state index contributed by atoms with van der Waals surface area (Å²) in [4.78, 5) is 19.4. The van der Waals surface area contributed by atoms with Crippen LogP contribution in [0.4, 0.5) is 5.69 Å². The summed E-state index contributed by atoms with van der Waals surface area (Å²) in [5, 5.41) is 6.40. The quantitative estimate of drug-likeness (QED) is 0.306. The van der Waals surface area contributed by atoms with Gasteiger partial charge in [0.05, 0.1) is 21.5 Å². The van der Waals surface area contributed by atoms with Crippen molar-refractivity contribution in [3.05, 3.63) is 94.0 Å². The molecule has 3 aromatic rings. The molecule has 1 heterocycles. The summed E-state index contributed by atoms with van der Waals surface area (Å²) < 4.78 is 25.2. The highest BCUT2D eigenvalue weighted by atomic mass is 35.5. The molecule has 3 aromatic carbocycles. The average Bonchev–Trinajstić information content (AvgIpc) is 3.46. The van der Waals surface area contributed by atoms with Crippen molar-refractivity contribution in [2.45, 2.75) is 24.2 Å². The first-order valence-corrected chi connectivity index (χ1v) is 14.9. The maximum absolute atomic E-state index is 13.2. The highest BCUT2D eigenvalue weighted by Gasteiger charge is 2.20. The van der Waals surface area contributed by atoms with Crippen LogP contribution < -0.4 is 15.5 Å². The van der Waals surface area contributed by atoms with Crippen LogP contribution in [-0.2, 0) is 21.1 Å². The Bertz CT molecular complexity index is 1380. The Morgan fingerprint density at radius 3 is 2.47 bits per heavy atom. The lowest BCUT2D eigenvalue weighted by atomic mass is 10.1. The van der Waals surface area contributed by atoms with Gasteiger partial charge in [0.15, 0.2) is 9.84 Å². The van der Waals surface area contributed by atoms with Crippen LogP contribution in [0.2, 0.25) is 10.0 Å². The number of para-hydroxylation sites is 1. The van der Waals surface area contributed by atoms with Crippen molar-refractivity contribution in [2.24, 2.45) is 4.99 Å². The maximum atomic E-state index is 13.2. The number of nitrogens with one attached hydrogen (secondary N) is 2. The lowest BCUT2D eigenvalue weighted by molar-refractivity contribution is -0.118. The van der Waals surface area contributed by atoms with Gasteiger partial charge in [0.25, 0.3) is 0 Å². The summed E-state index contributed by atoms with van der Waals surface area (Å²) in [6, 6.07) is 22.3. The fourth-order valence-corrected chi connectivity index (χ4v) is 6.12. The van der Waals surface area contributed by atoms with E-state index in [9.17, 15) is 13.2 Å². The molecule has 0 atom stereocenters. The Labute approximate surface area is 233 Å². The minimum absolute atomic E-state index is 0.00831. The summed E-state index contributed by atoms with van der Waals surface area (Å²) in [6.07, 6.45) is 1.48. The monoisotopic (exact) mass is 572 g/mol. The van der Waals surface area contributed by atoms with Crippen LogP contribution in [0.25, 0.3) is 0 Å². The zero-order chi connectivity index (χ0) is 27.0. The van der Waals surface area contributed by atoms with Gasteiger partial charge < -0.3 is 15.5 Å². The highest BCUT2D eigenvalue weighted by molar-refractivity contribution is 7.91. The van der Waals surface area contributed by atoms with Gasteiger partial charge in [0, 0.05) is 30.8 Å². The van der Waals surface area contributed by atoms with Crippen molar-refractivity contribution >= 4 is 50.5 Å². The van der Waals surface area contributed by atoms with Gasteiger partial charge in [-0.15, -0.1) is 0 Å². The van der Waals surface area contributed by atoms with Crippen molar-refractivity contribution < 1.29 is 13.2 Å². The van der Waals surface area contributed by atoms with E-state index in [0.29, 0.717) is 25.9 Å². The zero-order valence-electron chi connectivity index (χ0n) is 20.9. The standard InChI is InChI=1S/C28H30Cl2N4O3S/c29-24-8-4-9-25(27(24)30)38(36,37)20-31-16-5-10-26(35)34(23-6-2-1-3-7-23)19-15-21-11-13-22(14-12-21)28-32-17-18-33-28/h1-4,6-9,11-14,31H,5,10,15-20H2,(H,32,33). The molecule has 4 rings (SSSR count). The fraction of sp³-hybridized carbons (Fsp3) is 0.286. The molecule has 0 saturated heterocycles. The van der Waals surface area contributed by atoms with E-state index in [2.05, 4.69) is 39.9 Å². The Kier molecular flexibility index (Phi) is 9.80. The number of anilines is 1. The van der Waals surface area contributed by atoms with E-state index in [0.717, 1.165) is 35.7 Å². The molecule has 10 heteroatoms. The van der Waals surface area contributed by atoms with E-state index in [-0.39, 0.29) is 33.1 Å². The van der Waals surface area contributed by atoms with E-state index >= 15 is 0 Å². The molecule has 0 aromatic heterocycles. The number of nitrogens with zero attached hydrogens (tertiary/aromatic N) is 2. The fourth-order valence-electron chi connectivity index (χ4n) is 4.18. The summed E-state index contributed by atoms with van der Waals surface area (Å²) in [7, 11) is -3.66. The van der Waals surface area contributed by atoms with Crippen LogP contribution in [0.15, 0.2) is 82.7 Å². The van der Waals surface area contributed by atoms with Crippen LogP contribution in [0.1, 0.15) is 24.0 Å². The molecule has 200 valence electrons. The van der Waals surface area contributed by atoms with Gasteiger partial charge in [-0.05, 0) is 49.2 Å². The van der Waals surface area contributed by atoms with E-state index in [4.69, 9.17) is 23.2 Å². The van der Waals surface area contributed by atoms with E-state index in [1.165, 1.54) is 6.07 Å². The molecule has 0 radical (unpaired) electrons. The normalized spacial score (nSPS) is 13.2. The van der Waals surface area contributed by atoms with Crippen LogP contribution in [0.3, 0.4) is 0 Å². The number of carbonyl (C=O) groups is 1. The van der Waals surface area contributed by atoms with E-state index in [1.807, 2.05) is 30.3 Å². The Balaban J connectivity index is 1.30. The summed E-state index contributed by atoms with van der Waals surface area (Å²) in [5.74, 6) is 0.622. The first-order valence-electron chi connectivity index (χ1n) is 12.5.